The smallest absolute Gasteiger partial charge is 0.338 e. The molecular formula is C25H18FN3O7. The van der Waals surface area contributed by atoms with Gasteiger partial charge in [0, 0.05) is 5.69 Å². The van der Waals surface area contributed by atoms with E-state index in [9.17, 15) is 28.4 Å². The lowest BCUT2D eigenvalue weighted by atomic mass is 10.1. The normalized spacial score (nSPS) is 12.1. The summed E-state index contributed by atoms with van der Waals surface area (Å²) in [6, 6.07) is 14.1. The molecule has 4 rings (SSSR count). The first-order valence-corrected chi connectivity index (χ1v) is 10.5. The van der Waals surface area contributed by atoms with Crippen LogP contribution in [0.25, 0.3) is 0 Å². The van der Waals surface area contributed by atoms with Crippen LogP contribution in [0.3, 0.4) is 0 Å². The zero-order valence-corrected chi connectivity index (χ0v) is 18.7. The van der Waals surface area contributed by atoms with Crippen LogP contribution in [0.2, 0.25) is 0 Å². The third-order valence-electron chi connectivity index (χ3n) is 5.14. The molecule has 0 bridgehead atoms. The van der Waals surface area contributed by atoms with E-state index in [4.69, 9.17) is 9.47 Å². The monoisotopic (exact) mass is 491 g/mol. The van der Waals surface area contributed by atoms with E-state index in [2.05, 4.69) is 5.32 Å². The Hall–Kier alpha value is -5.06. The Morgan fingerprint density at radius 2 is 1.56 bits per heavy atom. The van der Waals surface area contributed by atoms with E-state index in [-0.39, 0.29) is 22.4 Å². The highest BCUT2D eigenvalue weighted by molar-refractivity contribution is 6.34. The van der Waals surface area contributed by atoms with Crippen LogP contribution in [-0.2, 0) is 9.53 Å². The zero-order chi connectivity index (χ0) is 25.8. The molecule has 0 aromatic heterocycles. The highest BCUT2D eigenvalue weighted by Crippen LogP contribution is 2.29. The van der Waals surface area contributed by atoms with Crippen molar-refractivity contribution in [2.75, 3.05) is 23.9 Å². The number of halogens is 1. The maximum atomic E-state index is 13.2. The molecule has 36 heavy (non-hydrogen) atoms. The number of anilines is 2. The lowest BCUT2D eigenvalue weighted by Crippen LogP contribution is -2.37. The highest BCUT2D eigenvalue weighted by Gasteiger charge is 2.37. The number of benzene rings is 3. The van der Waals surface area contributed by atoms with Gasteiger partial charge in [0.1, 0.15) is 11.6 Å². The molecule has 0 fully saturated rings. The molecule has 3 aromatic rings. The van der Waals surface area contributed by atoms with Gasteiger partial charge in [-0.25, -0.2) is 18.9 Å². The molecule has 0 aliphatic carbocycles. The molecule has 1 aliphatic heterocycles. The number of imide groups is 2. The van der Waals surface area contributed by atoms with Crippen LogP contribution in [0.4, 0.5) is 20.6 Å². The van der Waals surface area contributed by atoms with Gasteiger partial charge in [-0.2, -0.15) is 0 Å². The average molecular weight is 491 g/mol. The fourth-order valence-corrected chi connectivity index (χ4v) is 3.41. The molecule has 0 radical (unpaired) electrons. The van der Waals surface area contributed by atoms with Crippen LogP contribution in [0.1, 0.15) is 31.1 Å². The third kappa shape index (κ3) is 5.04. The second-order valence-corrected chi connectivity index (χ2v) is 7.49. The number of carbonyl (C=O) groups excluding carboxylic acids is 5. The van der Waals surface area contributed by atoms with E-state index in [1.165, 1.54) is 37.4 Å². The number of esters is 1. The molecule has 11 heteroatoms. The van der Waals surface area contributed by atoms with Gasteiger partial charge in [0.2, 0.25) is 0 Å². The molecule has 2 N–H and O–H groups in total. The summed E-state index contributed by atoms with van der Waals surface area (Å²) in [5.41, 5.74) is 0.531. The van der Waals surface area contributed by atoms with Crippen LogP contribution < -0.4 is 20.3 Å². The third-order valence-corrected chi connectivity index (χ3v) is 5.14. The van der Waals surface area contributed by atoms with Crippen LogP contribution >= 0.6 is 0 Å². The molecule has 0 unspecified atom stereocenters. The number of amides is 5. The Morgan fingerprint density at radius 3 is 2.22 bits per heavy atom. The number of nitrogens with zero attached hydrogens (tertiary/aromatic N) is 1. The number of ether oxygens (including phenoxy) is 2. The molecule has 1 heterocycles. The topological polar surface area (TPSA) is 131 Å². The van der Waals surface area contributed by atoms with Gasteiger partial charge in [0.15, 0.2) is 6.61 Å². The molecule has 10 nitrogen and oxygen atoms in total. The summed E-state index contributed by atoms with van der Waals surface area (Å²) >= 11 is 0. The van der Waals surface area contributed by atoms with E-state index in [0.717, 1.165) is 17.0 Å². The van der Waals surface area contributed by atoms with Gasteiger partial charge in [0.05, 0.1) is 29.5 Å². The van der Waals surface area contributed by atoms with Crippen molar-refractivity contribution in [3.05, 3.63) is 89.2 Å². The van der Waals surface area contributed by atoms with Gasteiger partial charge < -0.3 is 14.8 Å². The quantitative estimate of drug-likeness (QED) is 0.400. The summed E-state index contributed by atoms with van der Waals surface area (Å²) in [6.45, 7) is -0.763. The first-order chi connectivity index (χ1) is 17.3. The zero-order valence-electron chi connectivity index (χ0n) is 18.7. The number of fused-ring (bicyclic) bond motifs is 1. The van der Waals surface area contributed by atoms with Crippen LogP contribution in [0.5, 0.6) is 5.75 Å². The van der Waals surface area contributed by atoms with Crippen LogP contribution in [-0.4, -0.2) is 43.4 Å². The van der Waals surface area contributed by atoms with Crippen molar-refractivity contribution in [2.24, 2.45) is 0 Å². The van der Waals surface area contributed by atoms with Crippen molar-refractivity contribution in [1.82, 2.24) is 5.32 Å². The molecule has 0 atom stereocenters. The molecule has 1 aliphatic rings. The molecule has 3 aromatic carbocycles. The number of rotatable bonds is 6. The fourth-order valence-electron chi connectivity index (χ4n) is 3.41. The Labute approximate surface area is 203 Å². The summed E-state index contributed by atoms with van der Waals surface area (Å²) in [6.07, 6.45) is 0. The van der Waals surface area contributed by atoms with E-state index in [1.807, 2.05) is 5.32 Å². The molecule has 5 amide bonds. The van der Waals surface area contributed by atoms with Crippen molar-refractivity contribution < 1.29 is 37.8 Å². The number of urea groups is 1. The minimum absolute atomic E-state index is 0.0397. The van der Waals surface area contributed by atoms with E-state index in [1.54, 1.807) is 24.3 Å². The van der Waals surface area contributed by atoms with Gasteiger partial charge in [0.25, 0.3) is 17.7 Å². The van der Waals surface area contributed by atoms with Crippen molar-refractivity contribution in [3.8, 4) is 5.75 Å². The number of hydrogen-bond acceptors (Lipinski definition) is 7. The number of methoxy groups -OCH3 is 1. The minimum Gasteiger partial charge on any atom is -0.497 e. The number of hydrogen-bond donors (Lipinski definition) is 2. The van der Waals surface area contributed by atoms with Gasteiger partial charge in [-0.1, -0.05) is 0 Å². The summed E-state index contributed by atoms with van der Waals surface area (Å²) in [5, 5.41) is 4.46. The number of nitrogens with one attached hydrogen (secondary N) is 2. The Kier molecular flexibility index (Phi) is 6.72. The van der Waals surface area contributed by atoms with Crippen molar-refractivity contribution in [3.63, 3.8) is 0 Å². The SMILES string of the molecule is COc1ccc(NC(=O)NC(=O)COC(=O)c2ccc3c(c2)C(=O)N(c2ccc(F)cc2)C3=O)cc1. The fraction of sp³-hybridized carbons (Fsp3) is 0.0800. The van der Waals surface area contributed by atoms with Gasteiger partial charge in [-0.15, -0.1) is 0 Å². The summed E-state index contributed by atoms with van der Waals surface area (Å²) < 4.78 is 23.1. The summed E-state index contributed by atoms with van der Waals surface area (Å²) in [5.74, 6) is -3.08. The maximum absolute atomic E-state index is 13.2. The lowest BCUT2D eigenvalue weighted by Gasteiger charge is -2.13. The molecule has 0 spiro atoms. The molecule has 0 saturated heterocycles. The second-order valence-electron chi connectivity index (χ2n) is 7.49. The van der Waals surface area contributed by atoms with Gasteiger partial charge in [-0.05, 0) is 66.7 Å². The predicted molar refractivity (Wildman–Crippen MR) is 124 cm³/mol. The minimum atomic E-state index is -0.941. The predicted octanol–water partition coefficient (Wildman–Crippen LogP) is 3.14. The Balaban J connectivity index is 1.35. The summed E-state index contributed by atoms with van der Waals surface area (Å²) in [4.78, 5) is 62.6. The van der Waals surface area contributed by atoms with E-state index >= 15 is 0 Å². The van der Waals surface area contributed by atoms with Gasteiger partial charge in [-0.3, -0.25) is 19.7 Å². The number of carbonyl (C=O) groups is 5. The standard InChI is InChI=1S/C25H18FN3O7/c1-35-18-9-5-16(6-10-18)27-25(34)28-21(30)13-36-24(33)14-2-11-19-20(12-14)23(32)29(22(19)31)17-7-3-15(26)4-8-17/h2-12H,13H2,1H3,(H2,27,28,30,34). The average Bonchev–Trinajstić information content (AvgIpc) is 3.12. The molecule has 182 valence electrons. The van der Waals surface area contributed by atoms with Crippen molar-refractivity contribution >= 4 is 41.1 Å². The Bertz CT molecular complexity index is 1370. The summed E-state index contributed by atoms with van der Waals surface area (Å²) in [7, 11) is 1.50. The first kappa shape index (κ1) is 24.1. The maximum Gasteiger partial charge on any atom is 0.338 e. The van der Waals surface area contributed by atoms with E-state index < -0.39 is 42.1 Å². The van der Waals surface area contributed by atoms with E-state index in [0.29, 0.717) is 11.4 Å². The van der Waals surface area contributed by atoms with Gasteiger partial charge >= 0.3 is 12.0 Å². The highest BCUT2D eigenvalue weighted by atomic mass is 19.1. The lowest BCUT2D eigenvalue weighted by molar-refractivity contribution is -0.123. The largest absolute Gasteiger partial charge is 0.497 e. The molecular weight excluding hydrogens is 473 g/mol. The van der Waals surface area contributed by atoms with Crippen molar-refractivity contribution in [1.29, 1.82) is 0 Å². The second kappa shape index (κ2) is 10.1. The van der Waals surface area contributed by atoms with Crippen LogP contribution in [0.15, 0.2) is 66.7 Å². The molecule has 0 saturated carbocycles. The first-order valence-electron chi connectivity index (χ1n) is 10.5. The Morgan fingerprint density at radius 1 is 0.889 bits per heavy atom. The van der Waals surface area contributed by atoms with Crippen LogP contribution in [0, 0.1) is 5.82 Å². The van der Waals surface area contributed by atoms with Crippen molar-refractivity contribution in [2.45, 2.75) is 0 Å².